The van der Waals surface area contributed by atoms with Gasteiger partial charge in [0, 0.05) is 6.61 Å². The minimum absolute atomic E-state index is 0.245. The first-order chi connectivity index (χ1) is 6.85. The molecule has 0 aromatic carbocycles. The quantitative estimate of drug-likeness (QED) is 0.307. The summed E-state index contributed by atoms with van der Waals surface area (Å²) in [5, 5.41) is 0. The smallest absolute Gasteiger partial charge is 0.161 e. The second-order valence-corrected chi connectivity index (χ2v) is 5.22. The second-order valence-electron chi connectivity index (χ2n) is 3.70. The van der Waals surface area contributed by atoms with Gasteiger partial charge in [-0.2, -0.15) is 0 Å². The molecule has 0 rings (SSSR count). The second kappa shape index (κ2) is 10.7. The summed E-state index contributed by atoms with van der Waals surface area (Å²) >= 11 is 0. The monoisotopic (exact) mass is 212 g/mol. The van der Waals surface area contributed by atoms with Gasteiger partial charge in [-0.05, 0) is 24.8 Å². The lowest BCUT2D eigenvalue weighted by Gasteiger charge is -2.13. The predicted molar refractivity (Wildman–Crippen MR) is 67.3 cm³/mol. The van der Waals surface area contributed by atoms with E-state index in [1.165, 1.54) is 18.9 Å². The molecule has 82 valence electrons. The van der Waals surface area contributed by atoms with Crippen LogP contribution in [0.3, 0.4) is 0 Å². The van der Waals surface area contributed by atoms with Crippen LogP contribution in [-0.2, 0) is 4.43 Å². The third kappa shape index (κ3) is 8.26. The zero-order chi connectivity index (χ0) is 10.6. The number of hydrogen-bond acceptors (Lipinski definition) is 1. The summed E-state index contributed by atoms with van der Waals surface area (Å²) in [5.41, 5.74) is 0. The van der Waals surface area contributed by atoms with E-state index in [0.29, 0.717) is 5.92 Å². The summed E-state index contributed by atoms with van der Waals surface area (Å²) in [6, 6.07) is 1.32. The van der Waals surface area contributed by atoms with Crippen molar-refractivity contribution in [1.29, 1.82) is 0 Å². The maximum atomic E-state index is 5.75. The third-order valence-corrected chi connectivity index (χ3v) is 3.56. The molecule has 0 saturated heterocycles. The maximum Gasteiger partial charge on any atom is 0.161 e. The average Bonchev–Trinajstić information content (AvgIpc) is 2.18. The van der Waals surface area contributed by atoms with E-state index in [9.17, 15) is 0 Å². The van der Waals surface area contributed by atoms with Crippen LogP contribution in [0.1, 0.15) is 32.6 Å². The highest BCUT2D eigenvalue weighted by Gasteiger charge is 2.04. The van der Waals surface area contributed by atoms with E-state index in [1.54, 1.807) is 0 Å². The van der Waals surface area contributed by atoms with Gasteiger partial charge in [0.1, 0.15) is 0 Å². The molecule has 0 aromatic rings. The zero-order valence-corrected chi connectivity index (χ0v) is 10.9. The fourth-order valence-corrected chi connectivity index (χ4v) is 2.82. The van der Waals surface area contributed by atoms with Gasteiger partial charge in [-0.1, -0.05) is 31.9 Å². The standard InChI is InChI=1S/C12H24OSi/c1-4-7-10-14-13-11-12(8-5-2)9-6-3/h5-6,12H,2-4,7-11,14H2,1H3. The molecular formula is C12H24OSi. The SMILES string of the molecule is C=CCC(CC=C)CO[SiH2]CCCC. The van der Waals surface area contributed by atoms with Gasteiger partial charge in [0.2, 0.25) is 0 Å². The lowest BCUT2D eigenvalue weighted by atomic mass is 10.0. The Labute approximate surface area is 91.2 Å². The van der Waals surface area contributed by atoms with Crippen LogP contribution in [-0.4, -0.2) is 16.4 Å². The van der Waals surface area contributed by atoms with Gasteiger partial charge in [0.15, 0.2) is 9.76 Å². The molecular weight excluding hydrogens is 188 g/mol. The third-order valence-electron chi connectivity index (χ3n) is 2.25. The number of unbranched alkanes of at least 4 members (excludes halogenated alkanes) is 1. The first-order valence-electron chi connectivity index (χ1n) is 5.64. The molecule has 0 radical (unpaired) electrons. The van der Waals surface area contributed by atoms with Crippen molar-refractivity contribution in [1.82, 2.24) is 0 Å². The Morgan fingerprint density at radius 2 is 1.93 bits per heavy atom. The summed E-state index contributed by atoms with van der Waals surface area (Å²) in [6.45, 7) is 10.7. The highest BCUT2D eigenvalue weighted by atomic mass is 28.2. The lowest BCUT2D eigenvalue weighted by Crippen LogP contribution is -2.10. The van der Waals surface area contributed by atoms with Crippen molar-refractivity contribution < 1.29 is 4.43 Å². The Morgan fingerprint density at radius 1 is 1.29 bits per heavy atom. The van der Waals surface area contributed by atoms with Crippen molar-refractivity contribution in [2.24, 2.45) is 5.92 Å². The van der Waals surface area contributed by atoms with E-state index in [4.69, 9.17) is 4.43 Å². The molecule has 1 nitrogen and oxygen atoms in total. The fourth-order valence-electron chi connectivity index (χ4n) is 1.41. The lowest BCUT2D eigenvalue weighted by molar-refractivity contribution is 0.262. The molecule has 0 N–H and O–H groups in total. The molecule has 14 heavy (non-hydrogen) atoms. The largest absolute Gasteiger partial charge is 0.424 e. The van der Waals surface area contributed by atoms with Crippen LogP contribution in [0.15, 0.2) is 25.3 Å². The van der Waals surface area contributed by atoms with Gasteiger partial charge in [-0.25, -0.2) is 0 Å². The highest BCUT2D eigenvalue weighted by Crippen LogP contribution is 2.10. The van der Waals surface area contributed by atoms with Crippen molar-refractivity contribution in [2.75, 3.05) is 6.61 Å². The first-order valence-corrected chi connectivity index (χ1v) is 7.22. The normalized spacial score (nSPS) is 11.3. The van der Waals surface area contributed by atoms with Crippen LogP contribution in [0.4, 0.5) is 0 Å². The number of allylic oxidation sites excluding steroid dienone is 2. The van der Waals surface area contributed by atoms with Crippen molar-refractivity contribution in [3.63, 3.8) is 0 Å². The molecule has 0 heterocycles. The van der Waals surface area contributed by atoms with E-state index in [2.05, 4.69) is 20.1 Å². The van der Waals surface area contributed by atoms with Crippen LogP contribution < -0.4 is 0 Å². The molecule has 0 aliphatic heterocycles. The molecule has 0 aliphatic rings. The minimum Gasteiger partial charge on any atom is -0.424 e. The van der Waals surface area contributed by atoms with Gasteiger partial charge < -0.3 is 4.43 Å². The van der Waals surface area contributed by atoms with Crippen LogP contribution in [0, 0.1) is 5.92 Å². The number of rotatable bonds is 10. The molecule has 0 aromatic heterocycles. The summed E-state index contributed by atoms with van der Waals surface area (Å²) < 4.78 is 5.75. The van der Waals surface area contributed by atoms with Crippen molar-refractivity contribution in [3.8, 4) is 0 Å². The maximum absolute atomic E-state index is 5.75. The molecule has 0 amide bonds. The summed E-state index contributed by atoms with van der Waals surface area (Å²) in [7, 11) is -0.245. The Balaban J connectivity index is 3.39. The topological polar surface area (TPSA) is 9.23 Å². The highest BCUT2D eigenvalue weighted by molar-refractivity contribution is 6.26. The van der Waals surface area contributed by atoms with Gasteiger partial charge >= 0.3 is 0 Å². The van der Waals surface area contributed by atoms with Gasteiger partial charge in [-0.3, -0.25) is 0 Å². The van der Waals surface area contributed by atoms with E-state index in [-0.39, 0.29) is 9.76 Å². The van der Waals surface area contributed by atoms with Gasteiger partial charge in [-0.15, -0.1) is 13.2 Å². The van der Waals surface area contributed by atoms with Gasteiger partial charge in [0.05, 0.1) is 0 Å². The molecule has 0 atom stereocenters. The molecule has 0 unspecified atom stereocenters. The van der Waals surface area contributed by atoms with E-state index in [1.807, 2.05) is 12.2 Å². The summed E-state index contributed by atoms with van der Waals surface area (Å²) in [4.78, 5) is 0. The van der Waals surface area contributed by atoms with E-state index >= 15 is 0 Å². The van der Waals surface area contributed by atoms with Crippen LogP contribution in [0.5, 0.6) is 0 Å². The molecule has 0 bridgehead atoms. The zero-order valence-electron chi connectivity index (χ0n) is 9.50. The van der Waals surface area contributed by atoms with Crippen molar-refractivity contribution in [3.05, 3.63) is 25.3 Å². The Bertz CT molecular complexity index is 135. The molecule has 0 spiro atoms. The molecule has 0 fully saturated rings. The number of hydrogen-bond donors (Lipinski definition) is 0. The molecule has 2 heteroatoms. The van der Waals surface area contributed by atoms with E-state index < -0.39 is 0 Å². The summed E-state index contributed by atoms with van der Waals surface area (Å²) in [6.07, 6.45) is 8.68. The molecule has 0 aliphatic carbocycles. The Morgan fingerprint density at radius 3 is 2.43 bits per heavy atom. The van der Waals surface area contributed by atoms with Crippen molar-refractivity contribution in [2.45, 2.75) is 38.7 Å². The predicted octanol–water partition coefficient (Wildman–Crippen LogP) is 3.07. The van der Waals surface area contributed by atoms with Crippen LogP contribution in [0.25, 0.3) is 0 Å². The van der Waals surface area contributed by atoms with E-state index in [0.717, 1.165) is 19.4 Å². The van der Waals surface area contributed by atoms with Crippen molar-refractivity contribution >= 4 is 9.76 Å². The Kier molecular flexibility index (Phi) is 10.5. The van der Waals surface area contributed by atoms with Crippen LogP contribution >= 0.6 is 0 Å². The Hall–Kier alpha value is -0.343. The first kappa shape index (κ1) is 13.7. The molecule has 0 saturated carbocycles. The fraction of sp³-hybridized carbons (Fsp3) is 0.667. The van der Waals surface area contributed by atoms with Crippen LogP contribution in [0.2, 0.25) is 6.04 Å². The van der Waals surface area contributed by atoms with Gasteiger partial charge in [0.25, 0.3) is 0 Å². The summed E-state index contributed by atoms with van der Waals surface area (Å²) in [5.74, 6) is 0.610. The minimum atomic E-state index is -0.245. The average molecular weight is 212 g/mol.